The lowest BCUT2D eigenvalue weighted by molar-refractivity contribution is -0.142. The van der Waals surface area contributed by atoms with Gasteiger partial charge in [-0.3, -0.25) is 4.79 Å². The molecular formula is C22H24N2O3. The third-order valence-corrected chi connectivity index (χ3v) is 4.63. The number of oxime groups is 1. The van der Waals surface area contributed by atoms with Gasteiger partial charge in [-0.15, -0.1) is 0 Å². The number of nitrogens with zero attached hydrogens (tertiary/aromatic N) is 1. The van der Waals surface area contributed by atoms with Crippen molar-refractivity contribution in [1.29, 1.82) is 0 Å². The lowest BCUT2D eigenvalue weighted by Crippen LogP contribution is -2.40. The summed E-state index contributed by atoms with van der Waals surface area (Å²) in [6.07, 6.45) is 5.51. The number of rotatable bonds is 6. The molecule has 0 heterocycles. The van der Waals surface area contributed by atoms with Gasteiger partial charge in [-0.1, -0.05) is 85.1 Å². The zero-order valence-corrected chi connectivity index (χ0v) is 15.3. The van der Waals surface area contributed by atoms with E-state index in [2.05, 4.69) is 10.5 Å². The fraction of sp³-hybridized carbons (Fsp3) is 0.318. The molecule has 1 N–H and O–H groups in total. The topological polar surface area (TPSA) is 67.8 Å². The highest BCUT2D eigenvalue weighted by Crippen LogP contribution is 2.17. The Bertz CT molecular complexity index is 782. The third-order valence-electron chi connectivity index (χ3n) is 4.63. The highest BCUT2D eigenvalue weighted by Gasteiger charge is 2.21. The minimum atomic E-state index is -0.500. The van der Waals surface area contributed by atoms with Crippen LogP contribution in [0.15, 0.2) is 65.8 Å². The minimum absolute atomic E-state index is 0.108. The first kappa shape index (κ1) is 18.8. The second-order valence-corrected chi connectivity index (χ2v) is 6.74. The Morgan fingerprint density at radius 3 is 2.22 bits per heavy atom. The van der Waals surface area contributed by atoms with E-state index in [1.54, 1.807) is 12.1 Å². The van der Waals surface area contributed by atoms with Gasteiger partial charge < -0.3 is 10.2 Å². The van der Waals surface area contributed by atoms with Crippen molar-refractivity contribution in [2.75, 3.05) is 0 Å². The number of hydrogen-bond acceptors (Lipinski definition) is 4. The maximum Gasteiger partial charge on any atom is 0.339 e. The van der Waals surface area contributed by atoms with E-state index in [1.165, 1.54) is 6.42 Å². The van der Waals surface area contributed by atoms with Crippen LogP contribution in [-0.4, -0.2) is 23.6 Å². The largest absolute Gasteiger partial charge is 0.348 e. The molecule has 0 aliphatic heterocycles. The van der Waals surface area contributed by atoms with Gasteiger partial charge in [-0.05, 0) is 18.4 Å². The molecule has 140 valence electrons. The van der Waals surface area contributed by atoms with Gasteiger partial charge >= 0.3 is 5.97 Å². The summed E-state index contributed by atoms with van der Waals surface area (Å²) in [6.45, 7) is 0. The van der Waals surface area contributed by atoms with E-state index in [1.807, 2.05) is 48.5 Å². The lowest BCUT2D eigenvalue weighted by atomic mass is 9.95. The van der Waals surface area contributed by atoms with Gasteiger partial charge in [0.25, 0.3) is 5.91 Å². The van der Waals surface area contributed by atoms with Gasteiger partial charge in [0.2, 0.25) is 0 Å². The number of carbonyl (C=O) groups excluding carboxylic acids is 2. The molecule has 1 saturated carbocycles. The normalized spacial score (nSPS) is 15.2. The van der Waals surface area contributed by atoms with E-state index in [-0.39, 0.29) is 24.1 Å². The van der Waals surface area contributed by atoms with Crippen LogP contribution in [0.3, 0.4) is 0 Å². The molecular weight excluding hydrogens is 340 g/mol. The summed E-state index contributed by atoms with van der Waals surface area (Å²) in [5.74, 6) is -0.805. The molecule has 0 spiro atoms. The summed E-state index contributed by atoms with van der Waals surface area (Å²) in [4.78, 5) is 29.9. The summed E-state index contributed by atoms with van der Waals surface area (Å²) in [6, 6.07) is 18.5. The Labute approximate surface area is 159 Å². The molecule has 0 radical (unpaired) electrons. The molecule has 5 heteroatoms. The Morgan fingerprint density at radius 1 is 0.926 bits per heavy atom. The van der Waals surface area contributed by atoms with E-state index >= 15 is 0 Å². The number of amides is 1. The van der Waals surface area contributed by atoms with Gasteiger partial charge in [-0.2, -0.15) is 0 Å². The van der Waals surface area contributed by atoms with Crippen LogP contribution >= 0.6 is 0 Å². The Morgan fingerprint density at radius 2 is 1.56 bits per heavy atom. The van der Waals surface area contributed by atoms with Gasteiger partial charge in [0.1, 0.15) is 0 Å². The van der Waals surface area contributed by atoms with Crippen LogP contribution in [0, 0.1) is 0 Å². The van der Waals surface area contributed by atoms with Gasteiger partial charge in [0.05, 0.1) is 6.42 Å². The first-order valence-electron chi connectivity index (χ1n) is 9.40. The fourth-order valence-electron chi connectivity index (χ4n) is 3.21. The van der Waals surface area contributed by atoms with Crippen LogP contribution < -0.4 is 5.32 Å². The SMILES string of the molecule is O=C(Cc1ccccc1)O/N=C(\C(=O)NC1CCCCC1)c1ccccc1. The zero-order valence-electron chi connectivity index (χ0n) is 15.3. The molecule has 3 rings (SSSR count). The Kier molecular flexibility index (Phi) is 6.74. The fourth-order valence-corrected chi connectivity index (χ4v) is 3.21. The van der Waals surface area contributed by atoms with E-state index in [0.717, 1.165) is 31.2 Å². The van der Waals surface area contributed by atoms with Crippen molar-refractivity contribution in [3.05, 3.63) is 71.8 Å². The summed E-state index contributed by atoms with van der Waals surface area (Å²) in [7, 11) is 0. The number of hydrogen-bond donors (Lipinski definition) is 1. The summed E-state index contributed by atoms with van der Waals surface area (Å²) in [5.41, 5.74) is 1.59. The molecule has 1 amide bonds. The van der Waals surface area contributed by atoms with Crippen molar-refractivity contribution in [3.8, 4) is 0 Å². The molecule has 0 bridgehead atoms. The monoisotopic (exact) mass is 364 g/mol. The van der Waals surface area contributed by atoms with Crippen molar-refractivity contribution in [2.45, 2.75) is 44.6 Å². The summed E-state index contributed by atoms with van der Waals surface area (Å²) in [5, 5.41) is 6.94. The minimum Gasteiger partial charge on any atom is -0.348 e. The van der Waals surface area contributed by atoms with Gasteiger partial charge in [0.15, 0.2) is 5.71 Å². The average Bonchev–Trinajstić information content (AvgIpc) is 2.70. The van der Waals surface area contributed by atoms with Crippen molar-refractivity contribution >= 4 is 17.6 Å². The first-order valence-corrected chi connectivity index (χ1v) is 9.40. The van der Waals surface area contributed by atoms with Crippen molar-refractivity contribution < 1.29 is 14.4 Å². The highest BCUT2D eigenvalue weighted by atomic mass is 16.7. The zero-order chi connectivity index (χ0) is 18.9. The quantitative estimate of drug-likeness (QED) is 0.483. The van der Waals surface area contributed by atoms with Crippen LogP contribution in [0.2, 0.25) is 0 Å². The maximum absolute atomic E-state index is 12.7. The van der Waals surface area contributed by atoms with Crippen LogP contribution in [0.25, 0.3) is 0 Å². The second-order valence-electron chi connectivity index (χ2n) is 6.74. The molecule has 27 heavy (non-hydrogen) atoms. The molecule has 1 aliphatic carbocycles. The maximum atomic E-state index is 12.7. The van der Waals surface area contributed by atoms with Gasteiger partial charge in [0, 0.05) is 11.6 Å². The van der Waals surface area contributed by atoms with E-state index in [4.69, 9.17) is 4.84 Å². The van der Waals surface area contributed by atoms with Gasteiger partial charge in [-0.25, -0.2) is 4.79 Å². The number of carbonyl (C=O) groups is 2. The summed E-state index contributed by atoms with van der Waals surface area (Å²) >= 11 is 0. The molecule has 2 aromatic carbocycles. The number of benzene rings is 2. The smallest absolute Gasteiger partial charge is 0.339 e. The molecule has 0 saturated heterocycles. The van der Waals surface area contributed by atoms with Crippen molar-refractivity contribution in [2.24, 2.45) is 5.16 Å². The van der Waals surface area contributed by atoms with Crippen molar-refractivity contribution in [3.63, 3.8) is 0 Å². The first-order chi connectivity index (χ1) is 13.2. The molecule has 2 aromatic rings. The Hall–Kier alpha value is -2.95. The Balaban J connectivity index is 1.70. The molecule has 1 aliphatic rings. The number of nitrogens with one attached hydrogen (secondary N) is 1. The van der Waals surface area contributed by atoms with E-state index in [9.17, 15) is 9.59 Å². The second kappa shape index (κ2) is 9.67. The highest BCUT2D eigenvalue weighted by molar-refractivity contribution is 6.45. The third kappa shape index (κ3) is 5.78. The molecule has 0 atom stereocenters. The lowest BCUT2D eigenvalue weighted by Gasteiger charge is -2.22. The van der Waals surface area contributed by atoms with Crippen LogP contribution in [0.1, 0.15) is 43.2 Å². The molecule has 5 nitrogen and oxygen atoms in total. The molecule has 0 aromatic heterocycles. The predicted octanol–water partition coefficient (Wildman–Crippen LogP) is 3.63. The van der Waals surface area contributed by atoms with E-state index < -0.39 is 5.97 Å². The van der Waals surface area contributed by atoms with Crippen LogP contribution in [0.4, 0.5) is 0 Å². The van der Waals surface area contributed by atoms with Crippen molar-refractivity contribution in [1.82, 2.24) is 5.32 Å². The predicted molar refractivity (Wildman–Crippen MR) is 104 cm³/mol. The standard InChI is InChI=1S/C22H24N2O3/c25-20(16-17-10-4-1-5-11-17)27-24-21(18-12-6-2-7-13-18)22(26)23-19-14-8-3-9-15-19/h1-2,4-7,10-13,19H,3,8-9,14-16H2,(H,23,26)/b24-21-. The summed E-state index contributed by atoms with van der Waals surface area (Å²) < 4.78 is 0. The van der Waals surface area contributed by atoms with Crippen LogP contribution in [-0.2, 0) is 20.8 Å². The van der Waals surface area contributed by atoms with Crippen LogP contribution in [0.5, 0.6) is 0 Å². The van der Waals surface area contributed by atoms with E-state index in [0.29, 0.717) is 5.56 Å². The average molecular weight is 364 g/mol. The molecule has 1 fully saturated rings. The molecule has 0 unspecified atom stereocenters.